The Morgan fingerprint density at radius 3 is 2.56 bits per heavy atom. The molecule has 1 aliphatic heterocycles. The third-order valence-electron chi connectivity index (χ3n) is 2.92. The lowest BCUT2D eigenvalue weighted by Crippen LogP contribution is -2.51. The van der Waals surface area contributed by atoms with Gasteiger partial charge in [-0.1, -0.05) is 13.8 Å². The maximum Gasteiger partial charge on any atom is 0.245 e. The highest BCUT2D eigenvalue weighted by Gasteiger charge is 2.28. The van der Waals surface area contributed by atoms with E-state index in [1.807, 2.05) is 13.8 Å². The van der Waals surface area contributed by atoms with Gasteiger partial charge in [0.1, 0.15) is 6.04 Å². The molecule has 0 spiro atoms. The summed E-state index contributed by atoms with van der Waals surface area (Å²) in [5.41, 5.74) is 0. The number of amides is 3. The second kappa shape index (κ2) is 6.37. The number of hydrogen-bond donors (Lipinski definition) is 2. The summed E-state index contributed by atoms with van der Waals surface area (Å²) in [5.74, 6) is -0.345. The lowest BCUT2D eigenvalue weighted by molar-refractivity contribution is -0.137. The summed E-state index contributed by atoms with van der Waals surface area (Å²) >= 11 is 0. The second-order valence-corrected chi connectivity index (χ2v) is 4.85. The third kappa shape index (κ3) is 4.01. The summed E-state index contributed by atoms with van der Waals surface area (Å²) in [7, 11) is 0. The van der Waals surface area contributed by atoms with Crippen molar-refractivity contribution in [2.24, 2.45) is 5.92 Å². The monoisotopic (exact) mass is 255 g/mol. The highest BCUT2D eigenvalue weighted by Crippen LogP contribution is 2.08. The molecule has 1 unspecified atom stereocenters. The summed E-state index contributed by atoms with van der Waals surface area (Å²) in [6, 6.07) is -0.518. The first-order valence-electron chi connectivity index (χ1n) is 6.24. The number of hydrogen-bond acceptors (Lipinski definition) is 3. The van der Waals surface area contributed by atoms with E-state index in [2.05, 4.69) is 10.6 Å². The van der Waals surface area contributed by atoms with E-state index in [1.54, 1.807) is 4.90 Å². The Balaban J connectivity index is 2.69. The maximum absolute atomic E-state index is 12.3. The number of nitrogens with one attached hydrogen (secondary N) is 2. The molecule has 1 fully saturated rings. The first kappa shape index (κ1) is 14.5. The number of rotatable bonds is 3. The van der Waals surface area contributed by atoms with Crippen LogP contribution in [-0.4, -0.2) is 48.3 Å². The molecule has 0 aromatic rings. The predicted molar refractivity (Wildman–Crippen MR) is 66.6 cm³/mol. The van der Waals surface area contributed by atoms with Gasteiger partial charge in [0.15, 0.2) is 0 Å². The van der Waals surface area contributed by atoms with Crippen LogP contribution in [0.25, 0.3) is 0 Å². The van der Waals surface area contributed by atoms with Crippen LogP contribution in [0.4, 0.5) is 0 Å². The van der Waals surface area contributed by atoms with Gasteiger partial charge in [0.2, 0.25) is 17.7 Å². The highest BCUT2D eigenvalue weighted by atomic mass is 16.2. The van der Waals surface area contributed by atoms with Gasteiger partial charge in [-0.15, -0.1) is 0 Å². The van der Waals surface area contributed by atoms with Crippen molar-refractivity contribution in [3.05, 3.63) is 0 Å². The Labute approximate surface area is 107 Å². The van der Waals surface area contributed by atoms with Gasteiger partial charge in [-0.2, -0.15) is 0 Å². The molecule has 3 amide bonds. The molecule has 1 atom stereocenters. The quantitative estimate of drug-likeness (QED) is 0.713. The molecule has 0 aliphatic carbocycles. The molecule has 6 nitrogen and oxygen atoms in total. The summed E-state index contributed by atoms with van der Waals surface area (Å²) in [6.07, 6.45) is 0.316. The molecule has 1 aliphatic rings. The fourth-order valence-electron chi connectivity index (χ4n) is 1.92. The van der Waals surface area contributed by atoms with Crippen molar-refractivity contribution < 1.29 is 14.4 Å². The van der Waals surface area contributed by atoms with E-state index in [0.717, 1.165) is 0 Å². The molecule has 0 radical (unpaired) electrons. The van der Waals surface area contributed by atoms with E-state index in [-0.39, 0.29) is 23.6 Å². The lowest BCUT2D eigenvalue weighted by Gasteiger charge is -2.28. The summed E-state index contributed by atoms with van der Waals surface area (Å²) < 4.78 is 0. The van der Waals surface area contributed by atoms with Crippen molar-refractivity contribution >= 4 is 17.7 Å². The number of carbonyl (C=O) groups is 3. The number of nitrogens with zero attached hydrogens (tertiary/aromatic N) is 1. The fraction of sp³-hybridized carbons (Fsp3) is 0.750. The summed E-state index contributed by atoms with van der Waals surface area (Å²) in [4.78, 5) is 36.3. The van der Waals surface area contributed by atoms with Crippen LogP contribution in [-0.2, 0) is 14.4 Å². The Morgan fingerprint density at radius 1 is 1.33 bits per heavy atom. The largest absolute Gasteiger partial charge is 0.354 e. The van der Waals surface area contributed by atoms with E-state index < -0.39 is 6.04 Å². The van der Waals surface area contributed by atoms with Crippen LogP contribution >= 0.6 is 0 Å². The van der Waals surface area contributed by atoms with Gasteiger partial charge < -0.3 is 15.5 Å². The van der Waals surface area contributed by atoms with E-state index in [4.69, 9.17) is 0 Å². The molecule has 6 heteroatoms. The van der Waals surface area contributed by atoms with Crippen LogP contribution in [0, 0.1) is 5.92 Å². The van der Waals surface area contributed by atoms with Gasteiger partial charge in [0.05, 0.1) is 0 Å². The van der Waals surface area contributed by atoms with E-state index in [1.165, 1.54) is 6.92 Å². The molecular formula is C12H21N3O3. The van der Waals surface area contributed by atoms with E-state index >= 15 is 0 Å². The molecule has 2 N–H and O–H groups in total. The van der Waals surface area contributed by atoms with E-state index in [0.29, 0.717) is 26.1 Å². The smallest absolute Gasteiger partial charge is 0.245 e. The molecule has 0 aromatic heterocycles. The minimum Gasteiger partial charge on any atom is -0.354 e. The van der Waals surface area contributed by atoms with Gasteiger partial charge in [0.25, 0.3) is 0 Å². The average molecular weight is 255 g/mol. The lowest BCUT2D eigenvalue weighted by atomic mass is 10.0. The zero-order valence-corrected chi connectivity index (χ0v) is 11.2. The number of carbonyl (C=O) groups excluding carboxylic acids is 3. The first-order chi connectivity index (χ1) is 8.41. The minimum atomic E-state index is -0.518. The SMILES string of the molecule is CC(=O)NC(C(=O)N1CCNC(=O)CC1)C(C)C. The normalized spacial score (nSPS) is 18.0. The molecule has 1 saturated heterocycles. The topological polar surface area (TPSA) is 78.5 Å². The van der Waals surface area contributed by atoms with Gasteiger partial charge in [-0.25, -0.2) is 0 Å². The van der Waals surface area contributed by atoms with Crippen LogP contribution in [0.1, 0.15) is 27.2 Å². The predicted octanol–water partition coefficient (Wildman–Crippen LogP) is -0.504. The van der Waals surface area contributed by atoms with Gasteiger partial charge >= 0.3 is 0 Å². The van der Waals surface area contributed by atoms with Crippen molar-refractivity contribution in [1.29, 1.82) is 0 Å². The Kier molecular flexibility index (Phi) is 5.12. The second-order valence-electron chi connectivity index (χ2n) is 4.85. The molecule has 18 heavy (non-hydrogen) atoms. The molecule has 1 rings (SSSR count). The Morgan fingerprint density at radius 2 is 2.00 bits per heavy atom. The van der Waals surface area contributed by atoms with Gasteiger partial charge in [0, 0.05) is 33.0 Å². The fourth-order valence-corrected chi connectivity index (χ4v) is 1.92. The van der Waals surface area contributed by atoms with Crippen molar-refractivity contribution in [2.45, 2.75) is 33.2 Å². The van der Waals surface area contributed by atoms with Crippen molar-refractivity contribution in [3.8, 4) is 0 Å². The molecule has 1 heterocycles. The van der Waals surface area contributed by atoms with Crippen LogP contribution in [0.3, 0.4) is 0 Å². The van der Waals surface area contributed by atoms with E-state index in [9.17, 15) is 14.4 Å². The third-order valence-corrected chi connectivity index (χ3v) is 2.92. The maximum atomic E-state index is 12.3. The van der Waals surface area contributed by atoms with Crippen LogP contribution in [0.5, 0.6) is 0 Å². The van der Waals surface area contributed by atoms with Gasteiger partial charge in [-0.05, 0) is 5.92 Å². The molecule has 102 valence electrons. The average Bonchev–Trinajstić information content (AvgIpc) is 2.49. The van der Waals surface area contributed by atoms with Crippen molar-refractivity contribution in [3.63, 3.8) is 0 Å². The highest BCUT2D eigenvalue weighted by molar-refractivity contribution is 5.87. The van der Waals surface area contributed by atoms with Crippen LogP contribution < -0.4 is 10.6 Å². The van der Waals surface area contributed by atoms with Crippen molar-refractivity contribution in [1.82, 2.24) is 15.5 Å². The molecule has 0 saturated carbocycles. The molecule has 0 bridgehead atoms. The van der Waals surface area contributed by atoms with Crippen LogP contribution in [0.15, 0.2) is 0 Å². The Bertz CT molecular complexity index is 341. The first-order valence-corrected chi connectivity index (χ1v) is 6.24. The van der Waals surface area contributed by atoms with Crippen molar-refractivity contribution in [2.75, 3.05) is 19.6 Å². The summed E-state index contributed by atoms with van der Waals surface area (Å²) in [6.45, 7) is 6.55. The zero-order valence-electron chi connectivity index (χ0n) is 11.2. The molecule has 0 aromatic carbocycles. The molecular weight excluding hydrogens is 234 g/mol. The van der Waals surface area contributed by atoms with Crippen LogP contribution in [0.2, 0.25) is 0 Å². The van der Waals surface area contributed by atoms with Gasteiger partial charge in [-0.3, -0.25) is 14.4 Å². The summed E-state index contributed by atoms with van der Waals surface area (Å²) in [5, 5.41) is 5.39. The Hall–Kier alpha value is -1.59. The minimum absolute atomic E-state index is 0.0216. The standard InChI is InChI=1S/C12H21N3O3/c1-8(2)11(14-9(3)16)12(18)15-6-4-10(17)13-5-7-15/h8,11H,4-7H2,1-3H3,(H,13,17)(H,14,16). The zero-order chi connectivity index (χ0) is 13.7.